The molecule has 4 unspecified atom stereocenters. The normalized spacial score (nSPS) is 35.9. The van der Waals surface area contributed by atoms with Crippen LogP contribution in [0.2, 0.25) is 0 Å². The molecular weight excluding hydrogens is 236 g/mol. The van der Waals surface area contributed by atoms with Gasteiger partial charge in [0.25, 0.3) is 0 Å². The highest BCUT2D eigenvalue weighted by Gasteiger charge is 2.25. The number of rotatable bonds is 4. The van der Waals surface area contributed by atoms with Gasteiger partial charge in [-0.1, -0.05) is 20.3 Å². The van der Waals surface area contributed by atoms with Crippen molar-refractivity contribution >= 4 is 5.91 Å². The van der Waals surface area contributed by atoms with Gasteiger partial charge in [-0.3, -0.25) is 4.79 Å². The quantitative estimate of drug-likeness (QED) is 0.821. The highest BCUT2D eigenvalue weighted by atomic mass is 16.1. The molecule has 2 rings (SSSR count). The van der Waals surface area contributed by atoms with Gasteiger partial charge in [0.15, 0.2) is 0 Å². The zero-order valence-electron chi connectivity index (χ0n) is 12.6. The molecule has 0 spiro atoms. The number of nitrogens with one attached hydrogen (secondary N) is 2. The van der Waals surface area contributed by atoms with Crippen molar-refractivity contribution in [1.82, 2.24) is 10.6 Å². The average Bonchev–Trinajstić information content (AvgIpc) is 2.42. The molecule has 0 aromatic rings. The first-order valence-electron chi connectivity index (χ1n) is 8.18. The van der Waals surface area contributed by atoms with Crippen LogP contribution >= 0.6 is 0 Å². The van der Waals surface area contributed by atoms with E-state index < -0.39 is 0 Å². The Balaban J connectivity index is 1.63. The maximum atomic E-state index is 12.0. The Morgan fingerprint density at radius 1 is 1.16 bits per heavy atom. The van der Waals surface area contributed by atoms with Crippen LogP contribution in [0.5, 0.6) is 0 Å². The van der Waals surface area contributed by atoms with Gasteiger partial charge in [-0.25, -0.2) is 0 Å². The van der Waals surface area contributed by atoms with Crippen molar-refractivity contribution < 1.29 is 4.79 Å². The van der Waals surface area contributed by atoms with Crippen LogP contribution in [-0.4, -0.2) is 24.5 Å². The summed E-state index contributed by atoms with van der Waals surface area (Å²) in [7, 11) is 0. The predicted molar refractivity (Wildman–Crippen MR) is 79.0 cm³/mol. The molecule has 110 valence electrons. The van der Waals surface area contributed by atoms with Crippen LogP contribution in [0.1, 0.15) is 65.2 Å². The van der Waals surface area contributed by atoms with E-state index in [4.69, 9.17) is 0 Å². The van der Waals surface area contributed by atoms with E-state index in [2.05, 4.69) is 24.5 Å². The Morgan fingerprint density at radius 3 is 2.68 bits per heavy atom. The second kappa shape index (κ2) is 7.28. The van der Waals surface area contributed by atoms with Crippen LogP contribution in [0.3, 0.4) is 0 Å². The van der Waals surface area contributed by atoms with E-state index in [1.165, 1.54) is 32.1 Å². The van der Waals surface area contributed by atoms with Gasteiger partial charge in [0.1, 0.15) is 0 Å². The molecule has 0 bridgehead atoms. The van der Waals surface area contributed by atoms with Crippen molar-refractivity contribution in [3.8, 4) is 0 Å². The van der Waals surface area contributed by atoms with Crippen LogP contribution in [-0.2, 0) is 4.79 Å². The summed E-state index contributed by atoms with van der Waals surface area (Å²) in [5.41, 5.74) is 0. The van der Waals surface area contributed by atoms with Crippen LogP contribution < -0.4 is 10.6 Å². The van der Waals surface area contributed by atoms with Gasteiger partial charge in [-0.15, -0.1) is 0 Å². The lowest BCUT2D eigenvalue weighted by Crippen LogP contribution is -2.41. The van der Waals surface area contributed by atoms with Crippen molar-refractivity contribution in [2.45, 2.75) is 77.3 Å². The number of hydrogen-bond donors (Lipinski definition) is 2. The standard InChI is InChI=1S/C16H30N2O/c1-12-6-7-15(11-13(12)2)18-16(19)9-8-14-5-3-4-10-17-14/h12-15,17H,3-11H2,1-2H3,(H,18,19). The Labute approximate surface area is 117 Å². The third kappa shape index (κ3) is 4.79. The van der Waals surface area contributed by atoms with E-state index in [1.54, 1.807) is 0 Å². The summed E-state index contributed by atoms with van der Waals surface area (Å²) in [5.74, 6) is 1.83. The first-order valence-corrected chi connectivity index (χ1v) is 8.18. The van der Waals surface area contributed by atoms with Gasteiger partial charge in [-0.2, -0.15) is 0 Å². The minimum absolute atomic E-state index is 0.263. The summed E-state index contributed by atoms with van der Waals surface area (Å²) in [5, 5.41) is 6.75. The van der Waals surface area contributed by atoms with E-state index >= 15 is 0 Å². The second-order valence-corrected chi connectivity index (χ2v) is 6.72. The number of carbonyl (C=O) groups excluding carboxylic acids is 1. The Kier molecular flexibility index (Phi) is 5.68. The number of hydrogen-bond acceptors (Lipinski definition) is 2. The number of amides is 1. The zero-order chi connectivity index (χ0) is 13.7. The molecule has 2 N–H and O–H groups in total. The highest BCUT2D eigenvalue weighted by molar-refractivity contribution is 5.76. The van der Waals surface area contributed by atoms with Crippen molar-refractivity contribution in [2.75, 3.05) is 6.54 Å². The SMILES string of the molecule is CC1CCC(NC(=O)CCC2CCCCN2)CC1C. The molecule has 19 heavy (non-hydrogen) atoms. The summed E-state index contributed by atoms with van der Waals surface area (Å²) in [6.45, 7) is 5.77. The predicted octanol–water partition coefficient (Wildman–Crippen LogP) is 2.85. The largest absolute Gasteiger partial charge is 0.353 e. The van der Waals surface area contributed by atoms with Crippen LogP contribution in [0.25, 0.3) is 0 Å². The Morgan fingerprint density at radius 2 is 2.00 bits per heavy atom. The lowest BCUT2D eigenvalue weighted by Gasteiger charge is -2.32. The molecule has 1 amide bonds. The van der Waals surface area contributed by atoms with E-state index in [-0.39, 0.29) is 5.91 Å². The van der Waals surface area contributed by atoms with Crippen LogP contribution in [0.15, 0.2) is 0 Å². The summed E-state index contributed by atoms with van der Waals surface area (Å²) >= 11 is 0. The summed E-state index contributed by atoms with van der Waals surface area (Å²) < 4.78 is 0. The van der Waals surface area contributed by atoms with Gasteiger partial charge < -0.3 is 10.6 Å². The maximum absolute atomic E-state index is 12.0. The molecule has 1 aliphatic heterocycles. The third-order valence-electron chi connectivity index (χ3n) is 5.10. The first-order chi connectivity index (χ1) is 9.15. The Bertz CT molecular complexity index is 286. The molecule has 2 aliphatic rings. The van der Waals surface area contributed by atoms with Gasteiger partial charge >= 0.3 is 0 Å². The molecule has 1 saturated carbocycles. The van der Waals surface area contributed by atoms with Gasteiger partial charge in [0, 0.05) is 18.5 Å². The van der Waals surface area contributed by atoms with E-state index in [0.717, 1.165) is 31.2 Å². The zero-order valence-corrected chi connectivity index (χ0v) is 12.6. The molecule has 0 aromatic heterocycles. The summed E-state index contributed by atoms with van der Waals surface area (Å²) in [6.07, 6.45) is 9.13. The molecule has 2 fully saturated rings. The number of carbonyl (C=O) groups is 1. The molecule has 3 nitrogen and oxygen atoms in total. The van der Waals surface area contributed by atoms with Crippen molar-refractivity contribution in [2.24, 2.45) is 11.8 Å². The topological polar surface area (TPSA) is 41.1 Å². The summed E-state index contributed by atoms with van der Waals surface area (Å²) in [6, 6.07) is 1.00. The smallest absolute Gasteiger partial charge is 0.220 e. The minimum Gasteiger partial charge on any atom is -0.353 e. The van der Waals surface area contributed by atoms with Gasteiger partial charge in [-0.05, 0) is 56.9 Å². The minimum atomic E-state index is 0.263. The fourth-order valence-electron chi connectivity index (χ4n) is 3.45. The van der Waals surface area contributed by atoms with Crippen LogP contribution in [0, 0.1) is 11.8 Å². The average molecular weight is 266 g/mol. The van der Waals surface area contributed by atoms with Crippen molar-refractivity contribution in [3.63, 3.8) is 0 Å². The number of piperidine rings is 1. The molecule has 4 atom stereocenters. The molecule has 1 aliphatic carbocycles. The van der Waals surface area contributed by atoms with Crippen molar-refractivity contribution in [3.05, 3.63) is 0 Å². The van der Waals surface area contributed by atoms with Crippen LogP contribution in [0.4, 0.5) is 0 Å². The lowest BCUT2D eigenvalue weighted by molar-refractivity contribution is -0.122. The van der Waals surface area contributed by atoms with E-state index in [1.807, 2.05) is 0 Å². The lowest BCUT2D eigenvalue weighted by atomic mass is 9.79. The van der Waals surface area contributed by atoms with E-state index in [9.17, 15) is 4.79 Å². The van der Waals surface area contributed by atoms with Crippen molar-refractivity contribution in [1.29, 1.82) is 0 Å². The molecule has 0 radical (unpaired) electrons. The molecule has 1 heterocycles. The fraction of sp³-hybridized carbons (Fsp3) is 0.938. The fourth-order valence-corrected chi connectivity index (χ4v) is 3.45. The first kappa shape index (κ1) is 14.8. The third-order valence-corrected chi connectivity index (χ3v) is 5.10. The highest BCUT2D eigenvalue weighted by Crippen LogP contribution is 2.29. The summed E-state index contributed by atoms with van der Waals surface area (Å²) in [4.78, 5) is 12.0. The molecule has 0 aromatic carbocycles. The second-order valence-electron chi connectivity index (χ2n) is 6.72. The molecule has 3 heteroatoms. The van der Waals surface area contributed by atoms with Gasteiger partial charge in [0.05, 0.1) is 0 Å². The molecular formula is C16H30N2O. The molecule has 1 saturated heterocycles. The monoisotopic (exact) mass is 266 g/mol. The maximum Gasteiger partial charge on any atom is 0.220 e. The van der Waals surface area contributed by atoms with E-state index in [0.29, 0.717) is 18.5 Å². The Hall–Kier alpha value is -0.570. The van der Waals surface area contributed by atoms with Gasteiger partial charge in [0.2, 0.25) is 5.91 Å².